The quantitative estimate of drug-likeness (QED) is 0.899. The predicted octanol–water partition coefficient (Wildman–Crippen LogP) is 1.32. The SMILES string of the molecule is NC1COCC1C(=O)Cc1ccc2ccccc2n1. The fourth-order valence-electron chi connectivity index (χ4n) is 2.42. The molecule has 98 valence electrons. The molecule has 1 aliphatic rings. The highest BCUT2D eigenvalue weighted by atomic mass is 16.5. The lowest BCUT2D eigenvalue weighted by molar-refractivity contribution is -0.122. The number of hydrogen-bond acceptors (Lipinski definition) is 4. The van der Waals surface area contributed by atoms with Gasteiger partial charge in [0.25, 0.3) is 0 Å². The smallest absolute Gasteiger partial charge is 0.145 e. The summed E-state index contributed by atoms with van der Waals surface area (Å²) in [6.45, 7) is 0.912. The number of pyridine rings is 1. The van der Waals surface area contributed by atoms with Crippen LogP contribution >= 0.6 is 0 Å². The second kappa shape index (κ2) is 5.07. The average molecular weight is 256 g/mol. The second-order valence-corrected chi connectivity index (χ2v) is 4.95. The first kappa shape index (κ1) is 12.3. The third-order valence-electron chi connectivity index (χ3n) is 3.55. The Morgan fingerprint density at radius 1 is 1.26 bits per heavy atom. The van der Waals surface area contributed by atoms with Crippen molar-refractivity contribution in [1.29, 1.82) is 0 Å². The lowest BCUT2D eigenvalue weighted by atomic mass is 9.96. The minimum absolute atomic E-state index is 0.118. The number of carbonyl (C=O) groups is 1. The summed E-state index contributed by atoms with van der Waals surface area (Å²) in [6, 6.07) is 11.6. The molecule has 1 fully saturated rings. The van der Waals surface area contributed by atoms with Gasteiger partial charge in [0.15, 0.2) is 0 Å². The number of rotatable bonds is 3. The number of hydrogen-bond donors (Lipinski definition) is 1. The fourth-order valence-corrected chi connectivity index (χ4v) is 2.42. The Balaban J connectivity index is 1.79. The van der Waals surface area contributed by atoms with Gasteiger partial charge in [-0.15, -0.1) is 0 Å². The molecule has 2 N–H and O–H groups in total. The molecule has 2 unspecified atom stereocenters. The van der Waals surface area contributed by atoms with Gasteiger partial charge in [-0.05, 0) is 12.1 Å². The van der Waals surface area contributed by atoms with Crippen molar-refractivity contribution in [3.8, 4) is 0 Å². The molecule has 2 atom stereocenters. The molecule has 0 spiro atoms. The van der Waals surface area contributed by atoms with Crippen LogP contribution in [0.2, 0.25) is 0 Å². The molecule has 3 rings (SSSR count). The molecule has 4 nitrogen and oxygen atoms in total. The number of ether oxygens (including phenoxy) is 1. The van der Waals surface area contributed by atoms with Crippen LogP contribution in [0.5, 0.6) is 0 Å². The zero-order valence-electron chi connectivity index (χ0n) is 10.6. The van der Waals surface area contributed by atoms with Crippen LogP contribution in [0.4, 0.5) is 0 Å². The monoisotopic (exact) mass is 256 g/mol. The van der Waals surface area contributed by atoms with E-state index in [9.17, 15) is 4.79 Å². The number of ketones is 1. The maximum Gasteiger partial charge on any atom is 0.145 e. The Labute approximate surface area is 111 Å². The number of nitrogens with two attached hydrogens (primary N) is 1. The van der Waals surface area contributed by atoms with Gasteiger partial charge in [-0.3, -0.25) is 9.78 Å². The summed E-state index contributed by atoms with van der Waals surface area (Å²) in [5, 5.41) is 1.08. The Hall–Kier alpha value is -1.78. The van der Waals surface area contributed by atoms with Gasteiger partial charge in [-0.25, -0.2) is 0 Å². The van der Waals surface area contributed by atoms with Crippen LogP contribution in [0.3, 0.4) is 0 Å². The van der Waals surface area contributed by atoms with Gasteiger partial charge >= 0.3 is 0 Å². The van der Waals surface area contributed by atoms with Gasteiger partial charge < -0.3 is 10.5 Å². The predicted molar refractivity (Wildman–Crippen MR) is 72.7 cm³/mol. The van der Waals surface area contributed by atoms with Crippen LogP contribution in [0.25, 0.3) is 10.9 Å². The average Bonchev–Trinajstić information content (AvgIpc) is 2.85. The molecule has 19 heavy (non-hydrogen) atoms. The van der Waals surface area contributed by atoms with Crippen molar-refractivity contribution in [3.05, 3.63) is 42.1 Å². The minimum Gasteiger partial charge on any atom is -0.379 e. The molecule has 1 aliphatic heterocycles. The van der Waals surface area contributed by atoms with Crippen molar-refractivity contribution in [2.24, 2.45) is 11.7 Å². The van der Waals surface area contributed by atoms with Gasteiger partial charge in [-0.2, -0.15) is 0 Å². The summed E-state index contributed by atoms with van der Waals surface area (Å²) >= 11 is 0. The molecule has 0 saturated carbocycles. The molecule has 0 bridgehead atoms. The van der Waals surface area contributed by atoms with Gasteiger partial charge in [0, 0.05) is 23.5 Å². The van der Waals surface area contributed by atoms with Crippen molar-refractivity contribution in [1.82, 2.24) is 4.98 Å². The highest BCUT2D eigenvalue weighted by Gasteiger charge is 2.31. The Morgan fingerprint density at radius 3 is 2.89 bits per heavy atom. The van der Waals surface area contributed by atoms with E-state index in [1.807, 2.05) is 36.4 Å². The van der Waals surface area contributed by atoms with Crippen molar-refractivity contribution in [3.63, 3.8) is 0 Å². The fraction of sp³-hybridized carbons (Fsp3) is 0.333. The lowest BCUT2D eigenvalue weighted by Crippen LogP contribution is -2.35. The van der Waals surface area contributed by atoms with E-state index in [0.29, 0.717) is 19.6 Å². The minimum atomic E-state index is -0.187. The zero-order chi connectivity index (χ0) is 13.2. The third-order valence-corrected chi connectivity index (χ3v) is 3.55. The summed E-state index contributed by atoms with van der Waals surface area (Å²) in [5.74, 6) is -0.0685. The maximum absolute atomic E-state index is 12.2. The molecule has 1 aromatic heterocycles. The van der Waals surface area contributed by atoms with Gasteiger partial charge in [0.05, 0.1) is 24.6 Å². The van der Waals surface area contributed by atoms with Crippen LogP contribution in [0, 0.1) is 5.92 Å². The molecule has 0 aliphatic carbocycles. The third kappa shape index (κ3) is 2.50. The normalized spacial score (nSPS) is 22.8. The second-order valence-electron chi connectivity index (χ2n) is 4.95. The summed E-state index contributed by atoms with van der Waals surface area (Å²) in [5.41, 5.74) is 7.57. The molecule has 2 aromatic rings. The Kier molecular flexibility index (Phi) is 3.27. The van der Waals surface area contributed by atoms with E-state index in [2.05, 4.69) is 4.98 Å². The molecule has 4 heteroatoms. The van der Waals surface area contributed by atoms with E-state index in [1.54, 1.807) is 0 Å². The highest BCUT2D eigenvalue weighted by molar-refractivity contribution is 5.85. The maximum atomic E-state index is 12.2. The summed E-state index contributed by atoms with van der Waals surface area (Å²) in [7, 11) is 0. The molecule has 2 heterocycles. The first-order valence-corrected chi connectivity index (χ1v) is 6.45. The summed E-state index contributed by atoms with van der Waals surface area (Å²) in [6.07, 6.45) is 0.326. The largest absolute Gasteiger partial charge is 0.379 e. The van der Waals surface area contributed by atoms with Crippen LogP contribution in [-0.2, 0) is 16.0 Å². The van der Waals surface area contributed by atoms with E-state index in [0.717, 1.165) is 16.6 Å². The zero-order valence-corrected chi connectivity index (χ0v) is 10.6. The van der Waals surface area contributed by atoms with E-state index in [1.165, 1.54) is 0 Å². The number of carbonyl (C=O) groups excluding carboxylic acids is 1. The number of fused-ring (bicyclic) bond motifs is 1. The van der Waals surface area contributed by atoms with Crippen LogP contribution < -0.4 is 5.73 Å². The van der Waals surface area contributed by atoms with Gasteiger partial charge in [0.1, 0.15) is 5.78 Å². The van der Waals surface area contributed by atoms with Gasteiger partial charge in [0.2, 0.25) is 0 Å². The summed E-state index contributed by atoms with van der Waals surface area (Å²) in [4.78, 5) is 16.7. The van der Waals surface area contributed by atoms with E-state index in [-0.39, 0.29) is 17.7 Å². The molecular weight excluding hydrogens is 240 g/mol. The van der Waals surface area contributed by atoms with Crippen LogP contribution in [0.15, 0.2) is 36.4 Å². The van der Waals surface area contributed by atoms with E-state index in [4.69, 9.17) is 10.5 Å². The topological polar surface area (TPSA) is 65.2 Å². The van der Waals surface area contributed by atoms with Crippen LogP contribution in [-0.4, -0.2) is 30.0 Å². The van der Waals surface area contributed by atoms with E-state index < -0.39 is 0 Å². The molecule has 1 saturated heterocycles. The Morgan fingerprint density at radius 2 is 2.11 bits per heavy atom. The van der Waals surface area contributed by atoms with Crippen molar-refractivity contribution in [2.75, 3.05) is 13.2 Å². The van der Waals surface area contributed by atoms with Crippen molar-refractivity contribution >= 4 is 16.7 Å². The van der Waals surface area contributed by atoms with Gasteiger partial charge in [-0.1, -0.05) is 24.3 Å². The number of aromatic nitrogens is 1. The first-order chi connectivity index (χ1) is 9.24. The molecule has 0 amide bonds. The Bertz CT molecular complexity index is 612. The van der Waals surface area contributed by atoms with Crippen molar-refractivity contribution in [2.45, 2.75) is 12.5 Å². The number of benzene rings is 1. The van der Waals surface area contributed by atoms with E-state index >= 15 is 0 Å². The van der Waals surface area contributed by atoms with Crippen LogP contribution in [0.1, 0.15) is 5.69 Å². The standard InChI is InChI=1S/C15H16N2O2/c16-13-9-19-8-12(13)15(18)7-11-6-5-10-3-1-2-4-14(10)17-11/h1-6,12-13H,7-9,16H2. The number of nitrogens with zero attached hydrogens (tertiary/aromatic N) is 1. The molecule has 1 aromatic carbocycles. The summed E-state index contributed by atoms with van der Waals surface area (Å²) < 4.78 is 5.23. The molecule has 0 radical (unpaired) electrons. The van der Waals surface area contributed by atoms with Crippen molar-refractivity contribution < 1.29 is 9.53 Å². The highest BCUT2D eigenvalue weighted by Crippen LogP contribution is 2.17. The number of para-hydroxylation sites is 1. The molecular formula is C15H16N2O2. The number of Topliss-reactive ketones (excluding diaryl/α,β-unsaturated/α-hetero) is 1. The lowest BCUT2D eigenvalue weighted by Gasteiger charge is -2.11. The first-order valence-electron chi connectivity index (χ1n) is 6.45.